The lowest BCUT2D eigenvalue weighted by molar-refractivity contribution is -0.192. The second kappa shape index (κ2) is 11.6. The number of carboxylic acids is 1. The van der Waals surface area contributed by atoms with Crippen molar-refractivity contribution < 1.29 is 37.1 Å². The van der Waals surface area contributed by atoms with Crippen molar-refractivity contribution in [1.82, 2.24) is 15.2 Å². The Labute approximate surface area is 223 Å². The molecule has 8 nitrogen and oxygen atoms in total. The number of benzene rings is 1. The summed E-state index contributed by atoms with van der Waals surface area (Å²) in [5.41, 5.74) is -0.478. The Kier molecular flexibility index (Phi) is 8.41. The lowest BCUT2D eigenvalue weighted by Gasteiger charge is -2.32. The number of aliphatic carboxylic acids is 1. The van der Waals surface area contributed by atoms with E-state index in [-0.39, 0.29) is 23.3 Å². The summed E-state index contributed by atoms with van der Waals surface area (Å²) in [6.45, 7) is 2.94. The zero-order valence-electron chi connectivity index (χ0n) is 21.2. The van der Waals surface area contributed by atoms with Gasteiger partial charge in [-0.05, 0) is 55.9 Å². The van der Waals surface area contributed by atoms with E-state index in [0.29, 0.717) is 44.9 Å². The lowest BCUT2D eigenvalue weighted by atomic mass is 9.74. The van der Waals surface area contributed by atoms with Gasteiger partial charge in [-0.1, -0.05) is 18.2 Å². The number of alkyl halides is 3. The Morgan fingerprint density at radius 3 is 2.38 bits per heavy atom. The number of halogens is 4. The minimum Gasteiger partial charge on any atom is -0.475 e. The third-order valence-electron chi connectivity index (χ3n) is 7.49. The van der Waals surface area contributed by atoms with Crippen molar-refractivity contribution in [3.63, 3.8) is 0 Å². The highest BCUT2D eigenvalue weighted by molar-refractivity contribution is 5.94. The number of carbonyl (C=O) groups excluding carboxylic acids is 2. The highest BCUT2D eigenvalue weighted by Gasteiger charge is 2.54. The standard InChI is InChI=1S/C25H29FN4O2.C2HF3O2/c26-21-7-2-1-6-20(21)23(31)29-13-5-11-25(24(32)28-14-18-9-10-18)17-30(16-19(25)15-29)22-8-3-4-12-27-22;3-2(4,5)1(6)7/h1-4,6-8,12,18-19H,5,9-11,13-17H2,(H,28,32);(H,6,7)/t19-,25-;/m0./s1. The van der Waals surface area contributed by atoms with E-state index in [9.17, 15) is 27.2 Å². The van der Waals surface area contributed by atoms with E-state index >= 15 is 0 Å². The fraction of sp³-hybridized carbons (Fsp3) is 0.481. The molecular formula is C27H30F4N4O4. The molecule has 3 heterocycles. The van der Waals surface area contributed by atoms with Gasteiger partial charge in [0.05, 0.1) is 11.0 Å². The number of carbonyl (C=O) groups is 3. The summed E-state index contributed by atoms with van der Waals surface area (Å²) in [5, 5.41) is 10.3. The molecule has 2 aliphatic heterocycles. The van der Waals surface area contributed by atoms with Gasteiger partial charge in [0.1, 0.15) is 11.6 Å². The molecule has 39 heavy (non-hydrogen) atoms. The maximum absolute atomic E-state index is 14.3. The topological polar surface area (TPSA) is 103 Å². The Bertz CT molecular complexity index is 1190. The summed E-state index contributed by atoms with van der Waals surface area (Å²) in [5.74, 6) is -2.05. The molecule has 3 fully saturated rings. The minimum absolute atomic E-state index is 0.0399. The van der Waals surface area contributed by atoms with Gasteiger partial charge in [-0.15, -0.1) is 0 Å². The van der Waals surface area contributed by atoms with Gasteiger partial charge >= 0.3 is 12.1 Å². The van der Waals surface area contributed by atoms with E-state index in [1.807, 2.05) is 18.2 Å². The molecule has 2 amide bonds. The van der Waals surface area contributed by atoms with Crippen molar-refractivity contribution in [2.75, 3.05) is 37.6 Å². The van der Waals surface area contributed by atoms with Gasteiger partial charge in [-0.3, -0.25) is 9.59 Å². The zero-order valence-corrected chi connectivity index (χ0v) is 21.2. The molecule has 2 saturated heterocycles. The molecule has 210 valence electrons. The number of rotatable bonds is 5. The van der Waals surface area contributed by atoms with Crippen LogP contribution in [-0.2, 0) is 9.59 Å². The fourth-order valence-electron chi connectivity index (χ4n) is 5.24. The molecule has 2 N–H and O–H groups in total. The van der Waals surface area contributed by atoms with Crippen LogP contribution in [0.2, 0.25) is 0 Å². The van der Waals surface area contributed by atoms with Crippen molar-refractivity contribution >= 4 is 23.6 Å². The average Bonchev–Trinajstić information content (AvgIpc) is 3.70. The van der Waals surface area contributed by atoms with Gasteiger partial charge in [0.2, 0.25) is 5.91 Å². The van der Waals surface area contributed by atoms with Crippen molar-refractivity contribution in [1.29, 1.82) is 0 Å². The molecule has 0 spiro atoms. The Hall–Kier alpha value is -3.70. The van der Waals surface area contributed by atoms with E-state index in [2.05, 4.69) is 15.2 Å². The summed E-state index contributed by atoms with van der Waals surface area (Å²) >= 11 is 0. The van der Waals surface area contributed by atoms with Crippen LogP contribution in [0.1, 0.15) is 36.0 Å². The number of anilines is 1. The number of nitrogens with zero attached hydrogens (tertiary/aromatic N) is 3. The Morgan fingerprint density at radius 1 is 1.08 bits per heavy atom. The third-order valence-corrected chi connectivity index (χ3v) is 7.49. The predicted octanol–water partition coefficient (Wildman–Crippen LogP) is 3.74. The quantitative estimate of drug-likeness (QED) is 0.550. The summed E-state index contributed by atoms with van der Waals surface area (Å²) in [6, 6.07) is 11.9. The number of amides is 2. The van der Waals surface area contributed by atoms with Gasteiger partial charge in [-0.2, -0.15) is 13.2 Å². The summed E-state index contributed by atoms with van der Waals surface area (Å²) in [4.78, 5) is 44.0. The second-order valence-electron chi connectivity index (χ2n) is 10.2. The molecular weight excluding hydrogens is 520 g/mol. The summed E-state index contributed by atoms with van der Waals surface area (Å²) in [7, 11) is 0. The van der Waals surface area contributed by atoms with Crippen LogP contribution in [0.25, 0.3) is 0 Å². The number of hydrogen-bond acceptors (Lipinski definition) is 5. The molecule has 2 aromatic rings. The second-order valence-corrected chi connectivity index (χ2v) is 10.2. The number of likely N-dealkylation sites (tertiary alicyclic amines) is 1. The van der Waals surface area contributed by atoms with Gasteiger partial charge in [0.25, 0.3) is 5.91 Å². The first-order chi connectivity index (χ1) is 18.5. The van der Waals surface area contributed by atoms with Crippen molar-refractivity contribution in [2.24, 2.45) is 17.3 Å². The highest BCUT2D eigenvalue weighted by atomic mass is 19.4. The molecule has 2 atom stereocenters. The van der Waals surface area contributed by atoms with Crippen molar-refractivity contribution in [3.8, 4) is 0 Å². The molecule has 0 radical (unpaired) electrons. The highest BCUT2D eigenvalue weighted by Crippen LogP contribution is 2.44. The van der Waals surface area contributed by atoms with Gasteiger partial charge < -0.3 is 20.2 Å². The Balaban J connectivity index is 0.000000448. The fourth-order valence-corrected chi connectivity index (χ4v) is 5.24. The van der Waals surface area contributed by atoms with Crippen LogP contribution in [0.15, 0.2) is 48.7 Å². The van der Waals surface area contributed by atoms with Crippen LogP contribution in [0, 0.1) is 23.1 Å². The van der Waals surface area contributed by atoms with Gasteiger partial charge in [0, 0.05) is 44.8 Å². The molecule has 0 bridgehead atoms. The number of nitrogens with one attached hydrogen (secondary N) is 1. The normalized spacial score (nSPS) is 22.7. The van der Waals surface area contributed by atoms with E-state index in [4.69, 9.17) is 9.90 Å². The van der Waals surface area contributed by atoms with Crippen LogP contribution >= 0.6 is 0 Å². The van der Waals surface area contributed by atoms with Crippen molar-refractivity contribution in [2.45, 2.75) is 31.9 Å². The largest absolute Gasteiger partial charge is 0.490 e. The van der Waals surface area contributed by atoms with E-state index < -0.39 is 23.4 Å². The molecule has 1 aromatic heterocycles. The molecule has 1 aliphatic carbocycles. The monoisotopic (exact) mass is 550 g/mol. The molecule has 1 aromatic carbocycles. The first kappa shape index (κ1) is 28.3. The van der Waals surface area contributed by atoms with Gasteiger partial charge in [-0.25, -0.2) is 14.2 Å². The van der Waals surface area contributed by atoms with E-state index in [0.717, 1.165) is 12.4 Å². The Morgan fingerprint density at radius 2 is 1.77 bits per heavy atom. The number of hydrogen-bond donors (Lipinski definition) is 2. The maximum atomic E-state index is 14.3. The molecule has 0 unspecified atom stereocenters. The first-order valence-electron chi connectivity index (χ1n) is 12.8. The number of aromatic nitrogens is 1. The summed E-state index contributed by atoms with van der Waals surface area (Å²) in [6.07, 6.45) is 0.461. The van der Waals surface area contributed by atoms with Crippen LogP contribution in [0.5, 0.6) is 0 Å². The van der Waals surface area contributed by atoms with Crippen LogP contribution in [-0.4, -0.2) is 71.7 Å². The zero-order chi connectivity index (χ0) is 28.2. The van der Waals surface area contributed by atoms with Crippen LogP contribution < -0.4 is 10.2 Å². The first-order valence-corrected chi connectivity index (χ1v) is 12.8. The molecule has 3 aliphatic rings. The molecule has 1 saturated carbocycles. The van der Waals surface area contributed by atoms with Crippen molar-refractivity contribution in [3.05, 3.63) is 60.0 Å². The molecule has 12 heteroatoms. The van der Waals surface area contributed by atoms with Crippen LogP contribution in [0.3, 0.4) is 0 Å². The van der Waals surface area contributed by atoms with Crippen LogP contribution in [0.4, 0.5) is 23.4 Å². The van der Waals surface area contributed by atoms with E-state index in [1.165, 1.54) is 25.0 Å². The predicted molar refractivity (Wildman–Crippen MR) is 133 cm³/mol. The number of pyridine rings is 1. The maximum Gasteiger partial charge on any atom is 0.490 e. The molecule has 5 rings (SSSR count). The number of carboxylic acid groups (broad SMARTS) is 1. The summed E-state index contributed by atoms with van der Waals surface area (Å²) < 4.78 is 46.0. The average molecular weight is 551 g/mol. The number of fused-ring (bicyclic) bond motifs is 1. The third kappa shape index (κ3) is 6.66. The van der Waals surface area contributed by atoms with Gasteiger partial charge in [0.15, 0.2) is 0 Å². The van der Waals surface area contributed by atoms with E-state index in [1.54, 1.807) is 23.2 Å². The lowest BCUT2D eigenvalue weighted by Crippen LogP contribution is -2.48. The smallest absolute Gasteiger partial charge is 0.475 e. The SMILES string of the molecule is O=C(O)C(F)(F)F.O=C(c1ccccc1F)N1CCC[C@]2(C(=O)NCC3CC3)CN(c3ccccn3)C[C@@H]2C1. The minimum atomic E-state index is -5.08.